The number of hydrogen-bond acceptors (Lipinski definition) is 10. The number of benzene rings is 1. The highest BCUT2D eigenvalue weighted by molar-refractivity contribution is 8.18. The lowest BCUT2D eigenvalue weighted by atomic mass is 10.1. The second kappa shape index (κ2) is 11.8. The molecule has 1 aromatic heterocycles. The average molecular weight is 524 g/mol. The predicted octanol–water partition coefficient (Wildman–Crippen LogP) is 4.30. The Hall–Kier alpha value is -3.44. The van der Waals surface area contributed by atoms with E-state index in [1.807, 2.05) is 0 Å². The van der Waals surface area contributed by atoms with Gasteiger partial charge in [-0.25, -0.2) is 9.59 Å². The van der Waals surface area contributed by atoms with Crippen molar-refractivity contribution in [1.82, 2.24) is 4.90 Å². The molecule has 0 spiro atoms. The molecule has 35 heavy (non-hydrogen) atoms. The van der Waals surface area contributed by atoms with Crippen LogP contribution in [0.4, 0.5) is 4.79 Å². The van der Waals surface area contributed by atoms with Crippen LogP contribution in [0.25, 0.3) is 6.08 Å². The zero-order chi connectivity index (χ0) is 25.5. The summed E-state index contributed by atoms with van der Waals surface area (Å²) in [5.74, 6) is -1.12. The maximum atomic E-state index is 12.9. The quantitative estimate of drug-likeness (QED) is 0.329. The van der Waals surface area contributed by atoms with Crippen LogP contribution in [0.5, 0.6) is 11.5 Å². The Labute approximate surface area is 210 Å². The van der Waals surface area contributed by atoms with Crippen LogP contribution in [-0.2, 0) is 25.6 Å². The molecule has 0 unspecified atom stereocenters. The van der Waals surface area contributed by atoms with Crippen LogP contribution in [0, 0.1) is 0 Å². The maximum absolute atomic E-state index is 12.9. The minimum atomic E-state index is -0.665. The van der Waals surface area contributed by atoms with Crippen LogP contribution in [0.15, 0.2) is 33.6 Å². The number of amides is 2. The van der Waals surface area contributed by atoms with E-state index in [0.29, 0.717) is 12.2 Å². The van der Waals surface area contributed by atoms with Gasteiger partial charge in [-0.05, 0) is 61.5 Å². The largest absolute Gasteiger partial charge is 0.490 e. The number of ether oxygens (including phenoxy) is 4. The van der Waals surface area contributed by atoms with Crippen LogP contribution in [-0.4, -0.2) is 54.9 Å². The van der Waals surface area contributed by atoms with Crippen molar-refractivity contribution in [1.29, 1.82) is 0 Å². The highest BCUT2D eigenvalue weighted by Gasteiger charge is 2.36. The molecule has 0 bridgehead atoms. The van der Waals surface area contributed by atoms with Gasteiger partial charge in [0.1, 0.15) is 5.76 Å². The van der Waals surface area contributed by atoms with Gasteiger partial charge in [0.25, 0.3) is 11.1 Å². The zero-order valence-corrected chi connectivity index (χ0v) is 20.7. The molecule has 1 fully saturated rings. The lowest BCUT2D eigenvalue weighted by Crippen LogP contribution is -2.27. The Morgan fingerprint density at radius 3 is 2.60 bits per heavy atom. The lowest BCUT2D eigenvalue weighted by Gasteiger charge is -2.14. The van der Waals surface area contributed by atoms with Crippen molar-refractivity contribution in [2.24, 2.45) is 0 Å². The SMILES string of the molecule is CCOC(=O)COc1c(Cl)cc(/C=C2/SC(=O)N(Cc3ccc(C(=O)OC)o3)C2=O)cc1OCC. The van der Waals surface area contributed by atoms with Crippen LogP contribution >= 0.6 is 23.4 Å². The fourth-order valence-electron chi connectivity index (χ4n) is 3.02. The smallest absolute Gasteiger partial charge is 0.373 e. The van der Waals surface area contributed by atoms with E-state index in [1.54, 1.807) is 19.9 Å². The van der Waals surface area contributed by atoms with Gasteiger partial charge >= 0.3 is 11.9 Å². The number of rotatable bonds is 10. The summed E-state index contributed by atoms with van der Waals surface area (Å²) in [5.41, 5.74) is 0.485. The molecule has 10 nitrogen and oxygen atoms in total. The topological polar surface area (TPSA) is 122 Å². The van der Waals surface area contributed by atoms with Gasteiger partial charge in [-0.1, -0.05) is 11.6 Å². The fraction of sp³-hybridized carbons (Fsp3) is 0.304. The first-order valence-electron chi connectivity index (χ1n) is 10.4. The molecule has 12 heteroatoms. The van der Waals surface area contributed by atoms with Crippen molar-refractivity contribution < 1.29 is 42.5 Å². The van der Waals surface area contributed by atoms with E-state index in [9.17, 15) is 19.2 Å². The summed E-state index contributed by atoms with van der Waals surface area (Å²) in [6.07, 6.45) is 1.50. The fourth-order valence-corrected chi connectivity index (χ4v) is 4.14. The Morgan fingerprint density at radius 2 is 1.91 bits per heavy atom. The van der Waals surface area contributed by atoms with Gasteiger partial charge in [0, 0.05) is 0 Å². The summed E-state index contributed by atoms with van der Waals surface area (Å²) in [6, 6.07) is 5.99. The van der Waals surface area contributed by atoms with E-state index >= 15 is 0 Å². The summed E-state index contributed by atoms with van der Waals surface area (Å²) in [6.45, 7) is 3.46. The highest BCUT2D eigenvalue weighted by atomic mass is 35.5. The molecule has 0 atom stereocenters. The van der Waals surface area contributed by atoms with Gasteiger partial charge in [-0.15, -0.1) is 0 Å². The first-order valence-corrected chi connectivity index (χ1v) is 11.6. The lowest BCUT2D eigenvalue weighted by molar-refractivity contribution is -0.145. The predicted molar refractivity (Wildman–Crippen MR) is 126 cm³/mol. The normalized spacial score (nSPS) is 14.4. The zero-order valence-electron chi connectivity index (χ0n) is 19.1. The number of thioether (sulfide) groups is 1. The number of furan rings is 1. The summed E-state index contributed by atoms with van der Waals surface area (Å²) in [7, 11) is 1.22. The monoisotopic (exact) mass is 523 g/mol. The maximum Gasteiger partial charge on any atom is 0.373 e. The van der Waals surface area contributed by atoms with Crippen molar-refractivity contribution in [3.05, 3.63) is 51.3 Å². The number of imide groups is 1. The van der Waals surface area contributed by atoms with E-state index in [1.165, 1.54) is 31.4 Å². The van der Waals surface area contributed by atoms with E-state index in [-0.39, 0.29) is 52.7 Å². The molecule has 1 saturated heterocycles. The Bertz CT molecular complexity index is 1170. The average Bonchev–Trinajstić information content (AvgIpc) is 3.39. The van der Waals surface area contributed by atoms with E-state index in [2.05, 4.69) is 4.74 Å². The first kappa shape index (κ1) is 26.2. The van der Waals surface area contributed by atoms with Crippen LogP contribution < -0.4 is 9.47 Å². The minimum absolute atomic E-state index is 0.0339. The van der Waals surface area contributed by atoms with Crippen molar-refractivity contribution in [2.75, 3.05) is 26.9 Å². The summed E-state index contributed by atoms with van der Waals surface area (Å²) < 4.78 is 25.8. The van der Waals surface area contributed by atoms with Gasteiger partial charge in [0.2, 0.25) is 5.76 Å². The number of carbonyl (C=O) groups is 4. The molecule has 186 valence electrons. The highest BCUT2D eigenvalue weighted by Crippen LogP contribution is 2.39. The molecule has 0 N–H and O–H groups in total. The number of esters is 2. The summed E-state index contributed by atoms with van der Waals surface area (Å²) in [5, 5.41) is -0.348. The van der Waals surface area contributed by atoms with Crippen LogP contribution in [0.2, 0.25) is 5.02 Å². The minimum Gasteiger partial charge on any atom is -0.490 e. The third kappa shape index (κ3) is 6.37. The van der Waals surface area contributed by atoms with Gasteiger partial charge < -0.3 is 23.4 Å². The van der Waals surface area contributed by atoms with E-state index < -0.39 is 23.1 Å². The summed E-state index contributed by atoms with van der Waals surface area (Å²) >= 11 is 7.10. The number of hydrogen-bond donors (Lipinski definition) is 0. The van der Waals surface area contributed by atoms with Gasteiger partial charge in [-0.2, -0.15) is 0 Å². The van der Waals surface area contributed by atoms with Gasteiger partial charge in [0.05, 0.1) is 36.8 Å². The molecule has 0 aliphatic carbocycles. The van der Waals surface area contributed by atoms with E-state index in [0.717, 1.165) is 16.7 Å². The van der Waals surface area contributed by atoms with Gasteiger partial charge in [-0.3, -0.25) is 14.5 Å². The number of halogens is 1. The third-order valence-corrected chi connectivity index (χ3v) is 5.69. The van der Waals surface area contributed by atoms with Crippen LogP contribution in [0.3, 0.4) is 0 Å². The molecular formula is C23H22ClNO9S. The Balaban J connectivity index is 1.79. The summed E-state index contributed by atoms with van der Waals surface area (Å²) in [4.78, 5) is 49.7. The number of carbonyl (C=O) groups excluding carboxylic acids is 4. The third-order valence-electron chi connectivity index (χ3n) is 4.50. The van der Waals surface area contributed by atoms with Crippen molar-refractivity contribution >= 4 is 52.5 Å². The Morgan fingerprint density at radius 1 is 1.14 bits per heavy atom. The molecule has 0 radical (unpaired) electrons. The molecule has 1 aliphatic rings. The van der Waals surface area contributed by atoms with Crippen molar-refractivity contribution in [3.8, 4) is 11.5 Å². The molecule has 2 aromatic rings. The number of methoxy groups -OCH3 is 1. The number of nitrogens with zero attached hydrogens (tertiary/aromatic N) is 1. The second-order valence-electron chi connectivity index (χ2n) is 6.88. The molecular weight excluding hydrogens is 502 g/mol. The van der Waals surface area contributed by atoms with Gasteiger partial charge in [0.15, 0.2) is 18.1 Å². The first-order chi connectivity index (χ1) is 16.8. The standard InChI is InChI=1S/C23H22ClNO9S/c1-4-31-17-9-13(8-15(24)20(17)33-12-19(26)32-5-2)10-18-21(27)25(23(29)35-18)11-14-6-7-16(34-14)22(28)30-3/h6-10H,4-5,11-12H2,1-3H3/b18-10+. The van der Waals surface area contributed by atoms with E-state index in [4.69, 9.17) is 30.2 Å². The molecule has 0 saturated carbocycles. The molecule has 1 aliphatic heterocycles. The Kier molecular flexibility index (Phi) is 8.83. The van der Waals surface area contributed by atoms with Crippen LogP contribution in [0.1, 0.15) is 35.7 Å². The molecule has 2 heterocycles. The molecule has 2 amide bonds. The molecule has 3 rings (SSSR count). The molecule has 1 aromatic carbocycles. The second-order valence-corrected chi connectivity index (χ2v) is 8.28. The van der Waals surface area contributed by atoms with Crippen molar-refractivity contribution in [3.63, 3.8) is 0 Å². The van der Waals surface area contributed by atoms with Crippen molar-refractivity contribution in [2.45, 2.75) is 20.4 Å².